The maximum atomic E-state index is 11.8. The molecule has 1 aromatic rings. The number of hydrogen-bond acceptors (Lipinski definition) is 4. The topological polar surface area (TPSA) is 105 Å². The van der Waals surface area contributed by atoms with E-state index in [0.717, 1.165) is 5.56 Å². The lowest BCUT2D eigenvalue weighted by Crippen LogP contribution is -2.28. The predicted octanol–water partition coefficient (Wildman–Crippen LogP) is 1.07. The van der Waals surface area contributed by atoms with Gasteiger partial charge >= 0.3 is 0 Å². The molecule has 0 spiro atoms. The molecule has 0 heterocycles. The molecule has 6 nitrogen and oxygen atoms in total. The number of nitrogens with one attached hydrogen (secondary N) is 1. The van der Waals surface area contributed by atoms with Crippen molar-refractivity contribution in [3.05, 3.63) is 35.9 Å². The van der Waals surface area contributed by atoms with Gasteiger partial charge in [-0.25, -0.2) is 13.1 Å². The van der Waals surface area contributed by atoms with Crippen molar-refractivity contribution < 1.29 is 13.6 Å². The van der Waals surface area contributed by atoms with Crippen molar-refractivity contribution >= 4 is 15.9 Å². The number of rotatable bonds is 9. The number of nitrogens with two attached hydrogens (primary N) is 1. The molecule has 1 aromatic carbocycles. The number of hydrogen-bond donors (Lipinski definition) is 3. The first-order valence-corrected chi connectivity index (χ1v) is 8.16. The third-order valence-corrected chi connectivity index (χ3v) is 4.20. The Morgan fingerprint density at radius 2 is 1.95 bits per heavy atom. The van der Waals surface area contributed by atoms with E-state index in [2.05, 4.69) is 9.88 Å². The third-order valence-electron chi connectivity index (χ3n) is 2.81. The monoisotopic (exact) mass is 299 g/mol. The van der Waals surface area contributed by atoms with Crippen molar-refractivity contribution in [1.29, 1.82) is 0 Å². The average Bonchev–Trinajstić information content (AvgIpc) is 2.45. The van der Waals surface area contributed by atoms with Gasteiger partial charge in [-0.15, -0.1) is 0 Å². The molecule has 0 fully saturated rings. The van der Waals surface area contributed by atoms with E-state index in [4.69, 9.17) is 10.9 Å². The summed E-state index contributed by atoms with van der Waals surface area (Å²) in [5.74, 6) is 0.244. The number of nitrogens with zero attached hydrogens (tertiary/aromatic N) is 1. The summed E-state index contributed by atoms with van der Waals surface area (Å²) in [5.41, 5.74) is 6.32. The highest BCUT2D eigenvalue weighted by molar-refractivity contribution is 7.89. The minimum atomic E-state index is -3.25. The minimum Gasteiger partial charge on any atom is -0.409 e. The van der Waals surface area contributed by atoms with E-state index in [0.29, 0.717) is 32.2 Å². The van der Waals surface area contributed by atoms with E-state index < -0.39 is 10.0 Å². The normalized spacial score (nSPS) is 12.5. The molecule has 0 saturated carbocycles. The summed E-state index contributed by atoms with van der Waals surface area (Å²) in [6.45, 7) is 0.371. The zero-order chi connectivity index (χ0) is 14.8. The molecule has 7 heteroatoms. The first-order chi connectivity index (χ1) is 9.53. The Bertz CT molecular complexity index is 515. The minimum absolute atomic E-state index is 0.0806. The predicted molar refractivity (Wildman–Crippen MR) is 79.2 cm³/mol. The Hall–Kier alpha value is -1.60. The molecular weight excluding hydrogens is 278 g/mol. The molecule has 112 valence electrons. The van der Waals surface area contributed by atoms with Gasteiger partial charge in [-0.1, -0.05) is 35.5 Å². The molecule has 0 radical (unpaired) electrons. The first-order valence-electron chi connectivity index (χ1n) is 6.51. The molecule has 0 aliphatic heterocycles. The van der Waals surface area contributed by atoms with Gasteiger partial charge < -0.3 is 10.9 Å². The zero-order valence-corrected chi connectivity index (χ0v) is 12.1. The number of benzene rings is 1. The second kappa shape index (κ2) is 8.55. The van der Waals surface area contributed by atoms with Crippen LogP contribution < -0.4 is 10.5 Å². The molecule has 0 amide bonds. The van der Waals surface area contributed by atoms with Crippen LogP contribution in [0.1, 0.15) is 24.8 Å². The van der Waals surface area contributed by atoms with Crippen LogP contribution in [0.25, 0.3) is 0 Å². The van der Waals surface area contributed by atoms with E-state index in [1.807, 2.05) is 30.3 Å². The summed E-state index contributed by atoms with van der Waals surface area (Å²) in [6.07, 6.45) is 2.29. The standard InChI is InChI=1S/C13H21N3O3S/c14-13(16-17)8-4-5-10-15-20(18,19)11-9-12-6-2-1-3-7-12/h1-3,6-7,15,17H,4-5,8-11H2,(H2,14,16). The van der Waals surface area contributed by atoms with Gasteiger partial charge in [-0.2, -0.15) is 0 Å². The quantitative estimate of drug-likeness (QED) is 0.208. The van der Waals surface area contributed by atoms with Crippen LogP contribution in [0, 0.1) is 0 Å². The third kappa shape index (κ3) is 7.10. The first kappa shape index (κ1) is 16.5. The summed E-state index contributed by atoms with van der Waals surface area (Å²) in [5, 5.41) is 11.2. The molecule has 0 bridgehead atoms. The Labute approximate surface area is 119 Å². The van der Waals surface area contributed by atoms with Crippen molar-refractivity contribution in [3.63, 3.8) is 0 Å². The molecule has 0 saturated heterocycles. The summed E-state index contributed by atoms with van der Waals surface area (Å²) in [7, 11) is -3.25. The van der Waals surface area contributed by atoms with Gasteiger partial charge in [0.05, 0.1) is 5.75 Å². The second-order valence-corrected chi connectivity index (χ2v) is 6.42. The Balaban J connectivity index is 2.22. The van der Waals surface area contributed by atoms with E-state index in [1.54, 1.807) is 0 Å². The molecule has 0 unspecified atom stereocenters. The van der Waals surface area contributed by atoms with Gasteiger partial charge in [-0.05, 0) is 24.8 Å². The van der Waals surface area contributed by atoms with E-state index in [-0.39, 0.29) is 11.6 Å². The highest BCUT2D eigenvalue weighted by Crippen LogP contribution is 2.02. The smallest absolute Gasteiger partial charge is 0.211 e. The molecule has 0 atom stereocenters. The van der Waals surface area contributed by atoms with Gasteiger partial charge in [0.15, 0.2) is 0 Å². The fraction of sp³-hybridized carbons (Fsp3) is 0.462. The molecule has 4 N–H and O–H groups in total. The summed E-state index contributed by atoms with van der Waals surface area (Å²) < 4.78 is 26.1. The van der Waals surface area contributed by atoms with Crippen LogP contribution in [-0.4, -0.2) is 31.8 Å². The molecular formula is C13H21N3O3S. The van der Waals surface area contributed by atoms with E-state index in [9.17, 15) is 8.42 Å². The Morgan fingerprint density at radius 3 is 2.60 bits per heavy atom. The largest absolute Gasteiger partial charge is 0.409 e. The summed E-state index contributed by atoms with van der Waals surface area (Å²) in [6, 6.07) is 9.50. The maximum Gasteiger partial charge on any atom is 0.211 e. The Morgan fingerprint density at radius 1 is 1.25 bits per heavy atom. The van der Waals surface area contributed by atoms with E-state index >= 15 is 0 Å². The molecule has 0 aliphatic carbocycles. The van der Waals surface area contributed by atoms with Gasteiger partial charge in [-0.3, -0.25) is 0 Å². The molecule has 20 heavy (non-hydrogen) atoms. The van der Waals surface area contributed by atoms with Crippen molar-refractivity contribution in [2.45, 2.75) is 25.7 Å². The molecule has 0 aliphatic rings. The summed E-state index contributed by atoms with van der Waals surface area (Å²) in [4.78, 5) is 0. The van der Waals surface area contributed by atoms with E-state index in [1.165, 1.54) is 0 Å². The van der Waals surface area contributed by atoms with Gasteiger partial charge in [0.25, 0.3) is 0 Å². The lowest BCUT2D eigenvalue weighted by atomic mass is 10.2. The SMILES string of the molecule is N/C(CCCCNS(=O)(=O)CCc1ccccc1)=N/O. The van der Waals surface area contributed by atoms with Crippen molar-refractivity contribution in [1.82, 2.24) is 4.72 Å². The van der Waals surface area contributed by atoms with Crippen LogP contribution in [-0.2, 0) is 16.4 Å². The van der Waals surface area contributed by atoms with Gasteiger partial charge in [0.1, 0.15) is 5.84 Å². The number of unbranched alkanes of at least 4 members (excludes halogenated alkanes) is 1. The molecule has 1 rings (SSSR count). The lowest BCUT2D eigenvalue weighted by Gasteiger charge is -2.06. The zero-order valence-electron chi connectivity index (χ0n) is 11.3. The van der Waals surface area contributed by atoms with Crippen LogP contribution in [0.15, 0.2) is 35.5 Å². The number of sulfonamides is 1. The van der Waals surface area contributed by atoms with Crippen LogP contribution in [0.4, 0.5) is 0 Å². The van der Waals surface area contributed by atoms with Gasteiger partial charge in [0, 0.05) is 13.0 Å². The second-order valence-electron chi connectivity index (χ2n) is 4.50. The molecule has 0 aromatic heterocycles. The van der Waals surface area contributed by atoms with Crippen LogP contribution in [0.3, 0.4) is 0 Å². The number of amidine groups is 1. The average molecular weight is 299 g/mol. The van der Waals surface area contributed by atoms with Crippen molar-refractivity contribution in [2.75, 3.05) is 12.3 Å². The van der Waals surface area contributed by atoms with Gasteiger partial charge in [0.2, 0.25) is 10.0 Å². The fourth-order valence-corrected chi connectivity index (χ4v) is 2.78. The number of aryl methyl sites for hydroxylation is 1. The van der Waals surface area contributed by atoms with Crippen LogP contribution in [0.5, 0.6) is 0 Å². The maximum absolute atomic E-state index is 11.8. The van der Waals surface area contributed by atoms with Crippen LogP contribution in [0.2, 0.25) is 0 Å². The Kier molecular flexibility index (Phi) is 7.03. The summed E-state index contributed by atoms with van der Waals surface area (Å²) >= 11 is 0. The highest BCUT2D eigenvalue weighted by atomic mass is 32.2. The van der Waals surface area contributed by atoms with Crippen molar-refractivity contribution in [2.24, 2.45) is 10.9 Å². The lowest BCUT2D eigenvalue weighted by molar-refractivity contribution is 0.316. The highest BCUT2D eigenvalue weighted by Gasteiger charge is 2.09. The van der Waals surface area contributed by atoms with Crippen molar-refractivity contribution in [3.8, 4) is 0 Å². The fourth-order valence-electron chi connectivity index (χ4n) is 1.68. The van der Waals surface area contributed by atoms with Crippen LogP contribution >= 0.6 is 0 Å². The number of oxime groups is 1.